The van der Waals surface area contributed by atoms with E-state index < -0.39 is 0 Å². The van der Waals surface area contributed by atoms with Gasteiger partial charge in [-0.2, -0.15) is 9.97 Å². The molecule has 2 aromatic rings. The third kappa shape index (κ3) is 2.07. The highest BCUT2D eigenvalue weighted by Crippen LogP contribution is 2.13. The van der Waals surface area contributed by atoms with Crippen molar-refractivity contribution in [3.8, 4) is 11.5 Å². The van der Waals surface area contributed by atoms with Crippen molar-refractivity contribution in [2.45, 2.75) is 13.8 Å². The first-order valence-corrected chi connectivity index (χ1v) is 4.56. The Bertz CT molecular complexity index is 475. The highest BCUT2D eigenvalue weighted by Gasteiger charge is 2.05. The molecule has 5 heteroatoms. The van der Waals surface area contributed by atoms with Crippen molar-refractivity contribution < 1.29 is 0 Å². The second-order valence-electron chi connectivity index (χ2n) is 3.28. The zero-order chi connectivity index (χ0) is 10.8. The Morgan fingerprint density at radius 1 is 1.13 bits per heavy atom. The minimum absolute atomic E-state index is 0.223. The first kappa shape index (κ1) is 9.51. The first-order valence-electron chi connectivity index (χ1n) is 4.56. The average molecular weight is 201 g/mol. The zero-order valence-electron chi connectivity index (χ0n) is 8.60. The number of aryl methyl sites for hydroxylation is 2. The standard InChI is InChI=1S/C10H11N5/c1-6-3-4-12-8(5-6)9-13-7(2)14-10(11)15-9/h3-5H,1-2H3,(H2,11,13,14,15). The second-order valence-corrected chi connectivity index (χ2v) is 3.28. The van der Waals surface area contributed by atoms with E-state index in [4.69, 9.17) is 5.73 Å². The average Bonchev–Trinajstić information content (AvgIpc) is 2.16. The summed E-state index contributed by atoms with van der Waals surface area (Å²) in [4.78, 5) is 16.3. The van der Waals surface area contributed by atoms with Gasteiger partial charge >= 0.3 is 0 Å². The summed E-state index contributed by atoms with van der Waals surface area (Å²) in [5, 5.41) is 0. The molecule has 0 atom stereocenters. The summed E-state index contributed by atoms with van der Waals surface area (Å²) in [5.41, 5.74) is 7.37. The van der Waals surface area contributed by atoms with Crippen LogP contribution in [0.25, 0.3) is 11.5 Å². The smallest absolute Gasteiger partial charge is 0.223 e. The molecule has 76 valence electrons. The van der Waals surface area contributed by atoms with Crippen LogP contribution in [0, 0.1) is 13.8 Å². The predicted octanol–water partition coefficient (Wildman–Crippen LogP) is 1.13. The van der Waals surface area contributed by atoms with Crippen LogP contribution < -0.4 is 5.73 Å². The van der Waals surface area contributed by atoms with Crippen LogP contribution in [-0.4, -0.2) is 19.9 Å². The fourth-order valence-corrected chi connectivity index (χ4v) is 1.28. The van der Waals surface area contributed by atoms with E-state index in [1.165, 1.54) is 0 Å². The number of rotatable bonds is 1. The molecule has 2 rings (SSSR count). The molecule has 0 aliphatic heterocycles. The van der Waals surface area contributed by atoms with Gasteiger partial charge in [-0.3, -0.25) is 4.98 Å². The Labute approximate surface area is 87.4 Å². The highest BCUT2D eigenvalue weighted by atomic mass is 15.1. The van der Waals surface area contributed by atoms with E-state index in [-0.39, 0.29) is 5.95 Å². The molecule has 5 nitrogen and oxygen atoms in total. The van der Waals surface area contributed by atoms with Gasteiger partial charge in [-0.05, 0) is 31.5 Å². The summed E-state index contributed by atoms with van der Waals surface area (Å²) in [5.74, 6) is 1.34. The van der Waals surface area contributed by atoms with Gasteiger partial charge in [0.1, 0.15) is 11.5 Å². The number of nitrogens with two attached hydrogens (primary N) is 1. The van der Waals surface area contributed by atoms with E-state index in [9.17, 15) is 0 Å². The fraction of sp³-hybridized carbons (Fsp3) is 0.200. The highest BCUT2D eigenvalue weighted by molar-refractivity contribution is 5.51. The van der Waals surface area contributed by atoms with Crippen LogP contribution in [0.3, 0.4) is 0 Å². The van der Waals surface area contributed by atoms with Crippen molar-refractivity contribution >= 4 is 5.95 Å². The lowest BCUT2D eigenvalue weighted by Crippen LogP contribution is -2.02. The number of aromatic nitrogens is 4. The number of hydrogen-bond donors (Lipinski definition) is 1. The minimum atomic E-state index is 0.223. The van der Waals surface area contributed by atoms with E-state index in [1.54, 1.807) is 13.1 Å². The third-order valence-corrected chi connectivity index (χ3v) is 1.91. The van der Waals surface area contributed by atoms with Crippen molar-refractivity contribution in [3.05, 3.63) is 29.7 Å². The fourth-order valence-electron chi connectivity index (χ4n) is 1.28. The van der Waals surface area contributed by atoms with E-state index in [0.717, 1.165) is 5.56 Å². The summed E-state index contributed by atoms with van der Waals surface area (Å²) < 4.78 is 0. The van der Waals surface area contributed by atoms with E-state index in [1.807, 2.05) is 19.1 Å². The van der Waals surface area contributed by atoms with Gasteiger partial charge in [-0.15, -0.1) is 0 Å². The predicted molar refractivity (Wildman–Crippen MR) is 56.9 cm³/mol. The maximum absolute atomic E-state index is 5.54. The van der Waals surface area contributed by atoms with Crippen molar-refractivity contribution in [3.63, 3.8) is 0 Å². The van der Waals surface area contributed by atoms with Gasteiger partial charge in [-0.1, -0.05) is 0 Å². The molecule has 0 saturated heterocycles. The molecule has 2 aromatic heterocycles. The summed E-state index contributed by atoms with van der Waals surface area (Å²) in [6, 6.07) is 3.83. The van der Waals surface area contributed by atoms with Crippen LogP contribution in [0.2, 0.25) is 0 Å². The molecular formula is C10H11N5. The van der Waals surface area contributed by atoms with Crippen molar-refractivity contribution in [2.75, 3.05) is 5.73 Å². The van der Waals surface area contributed by atoms with Crippen LogP contribution in [0.1, 0.15) is 11.4 Å². The summed E-state index contributed by atoms with van der Waals surface area (Å²) in [6.45, 7) is 3.76. The molecule has 0 aliphatic rings. The lowest BCUT2D eigenvalue weighted by atomic mass is 10.2. The summed E-state index contributed by atoms with van der Waals surface area (Å²) in [7, 11) is 0. The number of hydrogen-bond acceptors (Lipinski definition) is 5. The van der Waals surface area contributed by atoms with E-state index >= 15 is 0 Å². The second kappa shape index (κ2) is 3.61. The Morgan fingerprint density at radius 2 is 1.93 bits per heavy atom. The summed E-state index contributed by atoms with van der Waals surface area (Å²) in [6.07, 6.45) is 1.72. The Balaban J connectivity index is 2.54. The van der Waals surface area contributed by atoms with Gasteiger partial charge in [0.15, 0.2) is 5.82 Å². The topological polar surface area (TPSA) is 77.6 Å². The van der Waals surface area contributed by atoms with Gasteiger partial charge < -0.3 is 5.73 Å². The molecular weight excluding hydrogens is 190 g/mol. The van der Waals surface area contributed by atoms with E-state index in [0.29, 0.717) is 17.3 Å². The summed E-state index contributed by atoms with van der Waals surface area (Å²) >= 11 is 0. The Morgan fingerprint density at radius 3 is 2.60 bits per heavy atom. The van der Waals surface area contributed by atoms with Crippen LogP contribution in [0.15, 0.2) is 18.3 Å². The van der Waals surface area contributed by atoms with Crippen LogP contribution in [0.5, 0.6) is 0 Å². The first-order chi connectivity index (χ1) is 7.15. The van der Waals surface area contributed by atoms with Crippen LogP contribution >= 0.6 is 0 Å². The maximum atomic E-state index is 5.54. The molecule has 0 amide bonds. The Hall–Kier alpha value is -2.04. The van der Waals surface area contributed by atoms with Gasteiger partial charge in [0.25, 0.3) is 0 Å². The normalized spacial score (nSPS) is 10.3. The molecule has 0 radical (unpaired) electrons. The third-order valence-electron chi connectivity index (χ3n) is 1.91. The maximum Gasteiger partial charge on any atom is 0.223 e. The van der Waals surface area contributed by atoms with Crippen molar-refractivity contribution in [1.29, 1.82) is 0 Å². The van der Waals surface area contributed by atoms with E-state index in [2.05, 4.69) is 19.9 Å². The lowest BCUT2D eigenvalue weighted by Gasteiger charge is -2.01. The van der Waals surface area contributed by atoms with Gasteiger partial charge in [-0.25, -0.2) is 4.98 Å². The molecule has 0 aliphatic carbocycles. The molecule has 0 aromatic carbocycles. The quantitative estimate of drug-likeness (QED) is 0.748. The molecule has 2 heterocycles. The lowest BCUT2D eigenvalue weighted by molar-refractivity contribution is 0.987. The molecule has 15 heavy (non-hydrogen) atoms. The van der Waals surface area contributed by atoms with Gasteiger partial charge in [0.05, 0.1) is 0 Å². The number of nitrogens with zero attached hydrogens (tertiary/aromatic N) is 4. The van der Waals surface area contributed by atoms with Gasteiger partial charge in [0.2, 0.25) is 5.95 Å². The monoisotopic (exact) mass is 201 g/mol. The molecule has 2 N–H and O–H groups in total. The minimum Gasteiger partial charge on any atom is -0.368 e. The molecule has 0 unspecified atom stereocenters. The van der Waals surface area contributed by atoms with Crippen molar-refractivity contribution in [1.82, 2.24) is 19.9 Å². The molecule has 0 bridgehead atoms. The van der Waals surface area contributed by atoms with Crippen molar-refractivity contribution in [2.24, 2.45) is 0 Å². The largest absolute Gasteiger partial charge is 0.368 e. The van der Waals surface area contributed by atoms with Crippen LogP contribution in [0.4, 0.5) is 5.95 Å². The number of anilines is 1. The number of pyridine rings is 1. The SMILES string of the molecule is Cc1ccnc(-c2nc(C)nc(N)n2)c1. The van der Waals surface area contributed by atoms with Crippen LogP contribution in [-0.2, 0) is 0 Å². The zero-order valence-corrected chi connectivity index (χ0v) is 8.60. The number of nitrogen functional groups attached to an aromatic ring is 1. The molecule has 0 spiro atoms. The molecule has 0 fully saturated rings. The van der Waals surface area contributed by atoms with Gasteiger partial charge in [0, 0.05) is 6.20 Å². The molecule has 0 saturated carbocycles. The Kier molecular flexibility index (Phi) is 2.29.